The second kappa shape index (κ2) is 13.8. The van der Waals surface area contributed by atoms with Crippen molar-refractivity contribution in [3.63, 3.8) is 0 Å². The van der Waals surface area contributed by atoms with Crippen LogP contribution in [0, 0.1) is 11.8 Å². The SMILES string of the molecule is CC.COc1ccc(NC(=O)C2CC2)cc1.OCC1CCN(c2ccc(-c3n[nH]c4ccccc34)cn2)CC1. The minimum atomic E-state index is 0.134. The molecule has 1 amide bonds. The third kappa shape index (κ3) is 7.35. The third-order valence-electron chi connectivity index (χ3n) is 6.99. The van der Waals surface area contributed by atoms with Crippen molar-refractivity contribution in [3.05, 3.63) is 66.9 Å². The summed E-state index contributed by atoms with van der Waals surface area (Å²) < 4.78 is 5.02. The number of nitrogens with one attached hydrogen (secondary N) is 2. The number of ether oxygens (including phenoxy) is 1. The highest BCUT2D eigenvalue weighted by Gasteiger charge is 2.29. The van der Waals surface area contributed by atoms with Crippen LogP contribution in [-0.4, -0.2) is 53.0 Å². The number of aliphatic hydroxyl groups is 1. The first-order chi connectivity index (χ1) is 19.1. The van der Waals surface area contributed by atoms with E-state index in [4.69, 9.17) is 4.74 Å². The molecule has 1 saturated heterocycles. The van der Waals surface area contributed by atoms with E-state index >= 15 is 0 Å². The second-order valence-electron chi connectivity index (χ2n) is 9.63. The Morgan fingerprint density at radius 1 is 1.03 bits per heavy atom. The van der Waals surface area contributed by atoms with Crippen LogP contribution in [0.1, 0.15) is 39.5 Å². The third-order valence-corrected chi connectivity index (χ3v) is 6.99. The van der Waals surface area contributed by atoms with Crippen LogP contribution in [0.25, 0.3) is 22.2 Å². The van der Waals surface area contributed by atoms with E-state index < -0.39 is 0 Å². The van der Waals surface area contributed by atoms with E-state index in [1.165, 1.54) is 0 Å². The van der Waals surface area contributed by atoms with E-state index in [-0.39, 0.29) is 11.8 Å². The molecule has 0 unspecified atom stereocenters. The maximum absolute atomic E-state index is 11.4. The van der Waals surface area contributed by atoms with Gasteiger partial charge in [0.25, 0.3) is 0 Å². The lowest BCUT2D eigenvalue weighted by Gasteiger charge is -2.31. The van der Waals surface area contributed by atoms with E-state index in [0.717, 1.165) is 78.2 Å². The maximum atomic E-state index is 11.4. The number of H-pyrrole nitrogens is 1. The number of hydrogen-bond donors (Lipinski definition) is 3. The zero-order valence-electron chi connectivity index (χ0n) is 23.1. The predicted octanol–water partition coefficient (Wildman–Crippen LogP) is 5.90. The van der Waals surface area contributed by atoms with Crippen LogP contribution in [-0.2, 0) is 4.79 Å². The van der Waals surface area contributed by atoms with Gasteiger partial charge in [-0.05, 0) is 74.1 Å². The largest absolute Gasteiger partial charge is 0.497 e. The van der Waals surface area contributed by atoms with Gasteiger partial charge in [0.2, 0.25) is 5.91 Å². The molecule has 0 radical (unpaired) electrons. The van der Waals surface area contributed by atoms with Gasteiger partial charge in [-0.1, -0.05) is 32.0 Å². The smallest absolute Gasteiger partial charge is 0.227 e. The first kappa shape index (κ1) is 28.1. The number of carbonyl (C=O) groups is 1. The molecule has 8 heteroatoms. The number of rotatable bonds is 6. The van der Waals surface area contributed by atoms with Crippen LogP contribution < -0.4 is 15.0 Å². The normalized spacial score (nSPS) is 15.0. The Hall–Kier alpha value is -3.91. The Morgan fingerprint density at radius 3 is 2.36 bits per heavy atom. The van der Waals surface area contributed by atoms with Crippen LogP contribution in [0.3, 0.4) is 0 Å². The van der Waals surface area contributed by atoms with Crippen LogP contribution >= 0.6 is 0 Å². The van der Waals surface area contributed by atoms with Gasteiger partial charge in [0, 0.05) is 48.4 Å². The lowest BCUT2D eigenvalue weighted by atomic mass is 9.98. The van der Waals surface area contributed by atoms with Gasteiger partial charge in [-0.25, -0.2) is 4.98 Å². The minimum Gasteiger partial charge on any atom is -0.497 e. The van der Waals surface area contributed by atoms with E-state index in [0.29, 0.717) is 12.5 Å². The van der Waals surface area contributed by atoms with Crippen molar-refractivity contribution >= 4 is 28.3 Å². The molecule has 2 aromatic carbocycles. The summed E-state index contributed by atoms with van der Waals surface area (Å²) in [7, 11) is 1.62. The summed E-state index contributed by atoms with van der Waals surface area (Å²) in [5.41, 5.74) is 3.84. The average molecular weight is 530 g/mol. The number of methoxy groups -OCH3 is 1. The molecule has 0 spiro atoms. The molecular weight excluding hydrogens is 490 g/mol. The minimum absolute atomic E-state index is 0.134. The highest BCUT2D eigenvalue weighted by molar-refractivity contribution is 5.94. The summed E-state index contributed by atoms with van der Waals surface area (Å²) in [6, 6.07) is 19.6. The van der Waals surface area contributed by atoms with Crippen LogP contribution in [0.5, 0.6) is 5.75 Å². The topological polar surface area (TPSA) is 103 Å². The first-order valence-electron chi connectivity index (χ1n) is 13.8. The molecule has 1 aliphatic heterocycles. The second-order valence-corrected chi connectivity index (χ2v) is 9.63. The number of amides is 1. The van der Waals surface area contributed by atoms with Gasteiger partial charge in [0.1, 0.15) is 17.3 Å². The Kier molecular flexibility index (Phi) is 9.91. The monoisotopic (exact) mass is 529 g/mol. The number of fused-ring (bicyclic) bond motifs is 1. The van der Waals surface area contributed by atoms with Crippen molar-refractivity contribution in [2.24, 2.45) is 11.8 Å². The standard InChI is InChI=1S/C18H20N4O.C11H13NO2.C2H6/c23-12-13-7-9-22(10-8-13)17-6-5-14(11-19-17)18-15-3-1-2-4-16(15)20-21-18;1-14-10-6-4-9(5-7-10)12-11(13)8-2-3-8;1-2/h1-6,11,13,23H,7-10,12H2,(H,20,21);4-8H,2-3H2,1H3,(H,12,13);1-2H3. The summed E-state index contributed by atoms with van der Waals surface area (Å²) in [5.74, 6) is 2.63. The number of pyridine rings is 1. The van der Waals surface area contributed by atoms with E-state index in [9.17, 15) is 9.90 Å². The van der Waals surface area contributed by atoms with Gasteiger partial charge in [-0.15, -0.1) is 0 Å². The van der Waals surface area contributed by atoms with E-state index in [2.05, 4.69) is 43.6 Å². The molecule has 1 aliphatic carbocycles. The molecule has 206 valence electrons. The number of aliphatic hydroxyl groups excluding tert-OH is 1. The van der Waals surface area contributed by atoms with Crippen LogP contribution in [0.15, 0.2) is 66.9 Å². The summed E-state index contributed by atoms with van der Waals surface area (Å²) in [4.78, 5) is 18.3. The summed E-state index contributed by atoms with van der Waals surface area (Å²) >= 11 is 0. The first-order valence-corrected chi connectivity index (χ1v) is 13.8. The van der Waals surface area contributed by atoms with Gasteiger partial charge in [0.15, 0.2) is 0 Å². The maximum Gasteiger partial charge on any atom is 0.227 e. The Bertz CT molecular complexity index is 1310. The molecule has 39 heavy (non-hydrogen) atoms. The molecule has 3 heterocycles. The molecule has 6 rings (SSSR count). The fourth-order valence-electron chi connectivity index (χ4n) is 4.51. The van der Waals surface area contributed by atoms with Gasteiger partial charge in [-0.3, -0.25) is 9.89 Å². The van der Waals surface area contributed by atoms with E-state index in [1.54, 1.807) is 7.11 Å². The Balaban J connectivity index is 0.000000189. The molecule has 0 bridgehead atoms. The number of para-hydroxylation sites is 1. The van der Waals surface area contributed by atoms with Crippen molar-refractivity contribution in [2.45, 2.75) is 39.5 Å². The quantitative estimate of drug-likeness (QED) is 0.287. The molecule has 4 aromatic rings. The highest BCUT2D eigenvalue weighted by atomic mass is 16.5. The molecule has 2 aliphatic rings. The predicted molar refractivity (Wildman–Crippen MR) is 157 cm³/mol. The van der Waals surface area contributed by atoms with Crippen LogP contribution in [0.2, 0.25) is 0 Å². The Morgan fingerprint density at radius 2 is 1.74 bits per heavy atom. The molecule has 3 N–H and O–H groups in total. The number of nitrogens with zero attached hydrogens (tertiary/aromatic N) is 3. The molecule has 0 atom stereocenters. The lowest BCUT2D eigenvalue weighted by molar-refractivity contribution is -0.117. The molecule has 1 saturated carbocycles. The number of aromatic nitrogens is 3. The molecular formula is C31H39N5O3. The van der Waals surface area contributed by atoms with Gasteiger partial charge in [0.05, 0.1) is 12.6 Å². The fourth-order valence-corrected chi connectivity index (χ4v) is 4.51. The van der Waals surface area contributed by atoms with Crippen molar-refractivity contribution in [3.8, 4) is 17.0 Å². The van der Waals surface area contributed by atoms with Crippen molar-refractivity contribution in [1.82, 2.24) is 15.2 Å². The van der Waals surface area contributed by atoms with Crippen molar-refractivity contribution in [2.75, 3.05) is 37.0 Å². The van der Waals surface area contributed by atoms with Crippen LogP contribution in [0.4, 0.5) is 11.5 Å². The van der Waals surface area contributed by atoms with E-state index in [1.807, 2.05) is 62.5 Å². The van der Waals surface area contributed by atoms with Gasteiger partial charge < -0.3 is 20.1 Å². The van der Waals surface area contributed by atoms with Gasteiger partial charge >= 0.3 is 0 Å². The van der Waals surface area contributed by atoms with Crippen molar-refractivity contribution < 1.29 is 14.6 Å². The zero-order valence-corrected chi connectivity index (χ0v) is 23.1. The number of piperidine rings is 1. The number of benzene rings is 2. The molecule has 2 fully saturated rings. The summed E-state index contributed by atoms with van der Waals surface area (Å²) in [5, 5.41) is 20.7. The zero-order chi connectivity index (χ0) is 27.6. The molecule has 8 nitrogen and oxygen atoms in total. The Labute approximate surface area is 230 Å². The summed E-state index contributed by atoms with van der Waals surface area (Å²) in [6.45, 7) is 6.22. The molecule has 2 aromatic heterocycles. The number of aromatic amines is 1. The van der Waals surface area contributed by atoms with Crippen molar-refractivity contribution in [1.29, 1.82) is 0 Å². The number of anilines is 2. The number of hydrogen-bond acceptors (Lipinski definition) is 6. The fraction of sp³-hybridized carbons (Fsp3) is 0.387. The average Bonchev–Trinajstić information content (AvgIpc) is 3.78. The lowest BCUT2D eigenvalue weighted by Crippen LogP contribution is -2.35. The van der Waals surface area contributed by atoms with Gasteiger partial charge in [-0.2, -0.15) is 5.10 Å². The number of carbonyl (C=O) groups excluding carboxylic acids is 1. The highest BCUT2D eigenvalue weighted by Crippen LogP contribution is 2.30. The summed E-state index contributed by atoms with van der Waals surface area (Å²) in [6.07, 6.45) is 6.02.